The number of hydrogen-bond acceptors (Lipinski definition) is 3. The van der Waals surface area contributed by atoms with E-state index >= 15 is 0 Å². The van der Waals surface area contributed by atoms with Gasteiger partial charge in [-0.05, 0) is 11.6 Å². The Morgan fingerprint density at radius 3 is 2.57 bits per heavy atom. The minimum absolute atomic E-state index is 0.130. The number of nitrogens with zero attached hydrogens (tertiary/aromatic N) is 2. The Bertz CT molecular complexity index is 353. The van der Waals surface area contributed by atoms with Gasteiger partial charge in [-0.25, -0.2) is 0 Å². The number of rotatable bonds is 3. The van der Waals surface area contributed by atoms with Crippen LogP contribution in [0.25, 0.3) is 0 Å². The lowest BCUT2D eigenvalue weighted by atomic mass is 10.1. The zero-order valence-electron chi connectivity index (χ0n) is 8.03. The molecule has 0 saturated heterocycles. The van der Waals surface area contributed by atoms with Gasteiger partial charge in [-0.3, -0.25) is 10.1 Å². The van der Waals surface area contributed by atoms with Crippen LogP contribution in [0.5, 0.6) is 0 Å². The maximum atomic E-state index is 10.5. The third kappa shape index (κ3) is 2.23. The van der Waals surface area contributed by atoms with Crippen molar-refractivity contribution in [1.82, 2.24) is 0 Å². The maximum Gasteiger partial charge on any atom is 0.269 e. The normalized spacial score (nSPS) is 9.93. The fourth-order valence-electron chi connectivity index (χ4n) is 1.23. The van der Waals surface area contributed by atoms with Crippen LogP contribution in [-0.4, -0.2) is 19.0 Å². The Labute approximate surface area is 90.8 Å². The van der Waals surface area contributed by atoms with Crippen molar-refractivity contribution in [3.05, 3.63) is 33.9 Å². The van der Waals surface area contributed by atoms with Crippen LogP contribution in [0.4, 0.5) is 11.4 Å². The molecule has 0 radical (unpaired) electrons. The summed E-state index contributed by atoms with van der Waals surface area (Å²) < 4.78 is 0. The van der Waals surface area contributed by atoms with Gasteiger partial charge in [0.25, 0.3) is 5.69 Å². The quantitative estimate of drug-likeness (QED) is 0.476. The number of nitro groups is 1. The molecule has 0 bridgehead atoms. The highest BCUT2D eigenvalue weighted by Crippen LogP contribution is 2.25. The van der Waals surface area contributed by atoms with Gasteiger partial charge in [0.1, 0.15) is 0 Å². The molecule has 0 aliphatic rings. The second-order valence-electron chi connectivity index (χ2n) is 3.10. The van der Waals surface area contributed by atoms with Gasteiger partial charge in [-0.1, -0.05) is 15.9 Å². The average Bonchev–Trinajstić information content (AvgIpc) is 2.16. The molecule has 0 spiro atoms. The molecule has 1 rings (SSSR count). The van der Waals surface area contributed by atoms with Crippen molar-refractivity contribution in [2.24, 2.45) is 0 Å². The number of non-ortho nitro benzene ring substituents is 1. The smallest absolute Gasteiger partial charge is 0.269 e. The molecule has 0 heterocycles. The molecule has 0 atom stereocenters. The van der Waals surface area contributed by atoms with Gasteiger partial charge in [-0.2, -0.15) is 0 Å². The molecule has 0 saturated carbocycles. The maximum absolute atomic E-state index is 10.5. The van der Waals surface area contributed by atoms with Gasteiger partial charge < -0.3 is 4.90 Å². The van der Waals surface area contributed by atoms with E-state index in [0.717, 1.165) is 11.3 Å². The van der Waals surface area contributed by atoms with E-state index in [1.807, 2.05) is 19.0 Å². The molecular formula is C9H11BrN2O2. The molecule has 0 N–H and O–H groups in total. The van der Waals surface area contributed by atoms with Crippen molar-refractivity contribution in [3.8, 4) is 0 Å². The van der Waals surface area contributed by atoms with Crippen LogP contribution in [-0.2, 0) is 5.33 Å². The van der Waals surface area contributed by atoms with E-state index in [9.17, 15) is 10.1 Å². The van der Waals surface area contributed by atoms with Crippen LogP contribution in [0.3, 0.4) is 0 Å². The fourth-order valence-corrected chi connectivity index (χ4v) is 1.68. The second-order valence-corrected chi connectivity index (χ2v) is 3.66. The first-order valence-electron chi connectivity index (χ1n) is 4.07. The molecule has 0 unspecified atom stereocenters. The zero-order chi connectivity index (χ0) is 10.7. The molecule has 0 amide bonds. The van der Waals surface area contributed by atoms with E-state index in [1.54, 1.807) is 12.1 Å². The Kier molecular flexibility index (Phi) is 3.46. The number of nitro benzene ring substituents is 1. The fraction of sp³-hybridized carbons (Fsp3) is 0.333. The van der Waals surface area contributed by atoms with Gasteiger partial charge in [0.2, 0.25) is 0 Å². The SMILES string of the molecule is CN(C)c1ccc([N+](=O)[O-])cc1CBr. The van der Waals surface area contributed by atoms with Gasteiger partial charge in [0.05, 0.1) is 4.92 Å². The molecule has 0 aromatic heterocycles. The van der Waals surface area contributed by atoms with Crippen molar-refractivity contribution in [1.29, 1.82) is 0 Å². The molecule has 1 aromatic rings. The van der Waals surface area contributed by atoms with E-state index < -0.39 is 0 Å². The lowest BCUT2D eigenvalue weighted by Crippen LogP contribution is -2.10. The number of halogens is 1. The Morgan fingerprint density at radius 2 is 2.14 bits per heavy atom. The van der Waals surface area contributed by atoms with E-state index in [-0.39, 0.29) is 10.6 Å². The van der Waals surface area contributed by atoms with Crippen molar-refractivity contribution in [2.45, 2.75) is 5.33 Å². The number of alkyl halides is 1. The first kappa shape index (κ1) is 11.0. The highest BCUT2D eigenvalue weighted by atomic mass is 79.9. The summed E-state index contributed by atoms with van der Waals surface area (Å²) in [6, 6.07) is 4.86. The molecule has 5 heteroatoms. The summed E-state index contributed by atoms with van der Waals surface area (Å²) >= 11 is 3.31. The van der Waals surface area contributed by atoms with Crippen molar-refractivity contribution in [2.75, 3.05) is 19.0 Å². The number of anilines is 1. The molecule has 0 fully saturated rings. The third-order valence-corrected chi connectivity index (χ3v) is 2.50. The Balaban J connectivity index is 3.18. The summed E-state index contributed by atoms with van der Waals surface area (Å²) in [6.45, 7) is 0. The van der Waals surface area contributed by atoms with Gasteiger partial charge in [0, 0.05) is 37.2 Å². The van der Waals surface area contributed by atoms with E-state index in [4.69, 9.17) is 0 Å². The van der Waals surface area contributed by atoms with Crippen LogP contribution in [0, 0.1) is 10.1 Å². The number of benzene rings is 1. The highest BCUT2D eigenvalue weighted by Gasteiger charge is 2.10. The first-order valence-corrected chi connectivity index (χ1v) is 5.19. The summed E-state index contributed by atoms with van der Waals surface area (Å²) in [5, 5.41) is 11.1. The monoisotopic (exact) mass is 258 g/mol. The summed E-state index contributed by atoms with van der Waals surface area (Å²) in [5.74, 6) is 0. The second kappa shape index (κ2) is 4.41. The predicted octanol–water partition coefficient (Wildman–Crippen LogP) is 2.56. The molecular weight excluding hydrogens is 248 g/mol. The minimum Gasteiger partial charge on any atom is -0.377 e. The predicted molar refractivity (Wildman–Crippen MR) is 60.1 cm³/mol. The van der Waals surface area contributed by atoms with Gasteiger partial charge in [0.15, 0.2) is 0 Å². The average molecular weight is 259 g/mol. The number of hydrogen-bond donors (Lipinski definition) is 0. The summed E-state index contributed by atoms with van der Waals surface area (Å²) in [5.41, 5.74) is 2.04. The molecule has 1 aromatic carbocycles. The molecule has 14 heavy (non-hydrogen) atoms. The topological polar surface area (TPSA) is 46.4 Å². The van der Waals surface area contributed by atoms with Crippen LogP contribution in [0.2, 0.25) is 0 Å². The zero-order valence-corrected chi connectivity index (χ0v) is 9.61. The lowest BCUT2D eigenvalue weighted by Gasteiger charge is -2.15. The summed E-state index contributed by atoms with van der Waals surface area (Å²) in [6.07, 6.45) is 0. The summed E-state index contributed by atoms with van der Waals surface area (Å²) in [4.78, 5) is 12.1. The lowest BCUT2D eigenvalue weighted by molar-refractivity contribution is -0.384. The van der Waals surface area contributed by atoms with Gasteiger partial charge >= 0.3 is 0 Å². The summed E-state index contributed by atoms with van der Waals surface area (Å²) in [7, 11) is 3.82. The Hall–Kier alpha value is -1.10. The van der Waals surface area contributed by atoms with Crippen molar-refractivity contribution in [3.63, 3.8) is 0 Å². The van der Waals surface area contributed by atoms with E-state index in [2.05, 4.69) is 15.9 Å². The van der Waals surface area contributed by atoms with Crippen LogP contribution in [0.15, 0.2) is 18.2 Å². The van der Waals surface area contributed by atoms with Gasteiger partial charge in [-0.15, -0.1) is 0 Å². The largest absolute Gasteiger partial charge is 0.377 e. The van der Waals surface area contributed by atoms with Crippen LogP contribution in [0.1, 0.15) is 5.56 Å². The minimum atomic E-state index is -0.383. The standard InChI is InChI=1S/C9H11BrN2O2/c1-11(2)9-4-3-8(12(13)14)5-7(9)6-10/h3-5H,6H2,1-2H3. The molecule has 0 aliphatic carbocycles. The first-order chi connectivity index (χ1) is 6.56. The third-order valence-electron chi connectivity index (χ3n) is 1.90. The molecule has 76 valence electrons. The molecule has 4 nitrogen and oxygen atoms in total. The van der Waals surface area contributed by atoms with Crippen LogP contribution < -0.4 is 4.90 Å². The Morgan fingerprint density at radius 1 is 1.50 bits per heavy atom. The van der Waals surface area contributed by atoms with Crippen LogP contribution >= 0.6 is 15.9 Å². The van der Waals surface area contributed by atoms with Crippen molar-refractivity contribution >= 4 is 27.3 Å². The molecule has 0 aliphatic heterocycles. The van der Waals surface area contributed by atoms with E-state index in [1.165, 1.54) is 6.07 Å². The highest BCUT2D eigenvalue weighted by molar-refractivity contribution is 9.08. The van der Waals surface area contributed by atoms with E-state index in [0.29, 0.717) is 5.33 Å². The van der Waals surface area contributed by atoms with Crippen molar-refractivity contribution < 1.29 is 4.92 Å².